The molecule has 2 nitrogen and oxygen atoms in total. The van der Waals surface area contributed by atoms with E-state index in [0.717, 1.165) is 12.8 Å². The van der Waals surface area contributed by atoms with Crippen molar-refractivity contribution in [2.75, 3.05) is 19.6 Å². The van der Waals surface area contributed by atoms with E-state index >= 15 is 0 Å². The van der Waals surface area contributed by atoms with Gasteiger partial charge in [0.25, 0.3) is 0 Å². The smallest absolute Gasteiger partial charge is 0.121 e. The van der Waals surface area contributed by atoms with Crippen LogP contribution in [0.3, 0.4) is 0 Å². The molecule has 70 valence electrons. The van der Waals surface area contributed by atoms with Gasteiger partial charge in [-0.25, -0.2) is 0 Å². The van der Waals surface area contributed by atoms with E-state index in [-0.39, 0.29) is 0 Å². The van der Waals surface area contributed by atoms with Crippen molar-refractivity contribution >= 4 is 6.29 Å². The summed E-state index contributed by atoms with van der Waals surface area (Å²) in [6.07, 6.45) is 8.52. The normalized spacial score (nSPS) is 21.3. The summed E-state index contributed by atoms with van der Waals surface area (Å²) in [7, 11) is 0. The molecule has 2 heteroatoms. The molecule has 0 aliphatic carbocycles. The Kier molecular flexibility index (Phi) is 5.00. The van der Waals surface area contributed by atoms with Crippen LogP contribution in [0.4, 0.5) is 0 Å². The highest BCUT2D eigenvalue weighted by atomic mass is 16.1. The Morgan fingerprint density at radius 1 is 1.00 bits per heavy atom. The lowest BCUT2D eigenvalue weighted by Crippen LogP contribution is -2.28. The Bertz CT molecular complexity index is 117. The minimum Gasteiger partial charge on any atom is -0.303 e. The van der Waals surface area contributed by atoms with Crippen LogP contribution < -0.4 is 0 Å². The van der Waals surface area contributed by atoms with Crippen LogP contribution in [0.1, 0.15) is 38.5 Å². The Balaban J connectivity index is 2.15. The van der Waals surface area contributed by atoms with Gasteiger partial charge < -0.3 is 9.69 Å². The van der Waals surface area contributed by atoms with Crippen molar-refractivity contribution in [2.24, 2.45) is 0 Å². The van der Waals surface area contributed by atoms with E-state index in [1.54, 1.807) is 0 Å². The Morgan fingerprint density at radius 3 is 2.17 bits per heavy atom. The van der Waals surface area contributed by atoms with Crippen molar-refractivity contribution in [1.29, 1.82) is 0 Å². The lowest BCUT2D eigenvalue weighted by Gasteiger charge is -2.23. The molecule has 0 N–H and O–H groups in total. The molecule has 0 radical (unpaired) electrons. The zero-order valence-electron chi connectivity index (χ0n) is 7.80. The molecule has 12 heavy (non-hydrogen) atoms. The van der Waals surface area contributed by atoms with Gasteiger partial charge in [0.05, 0.1) is 0 Å². The minimum atomic E-state index is 0.708. The van der Waals surface area contributed by atoms with Gasteiger partial charge in [0.15, 0.2) is 0 Å². The van der Waals surface area contributed by atoms with Crippen molar-refractivity contribution < 1.29 is 4.79 Å². The summed E-state index contributed by atoms with van der Waals surface area (Å²) in [6, 6.07) is 0. The van der Waals surface area contributed by atoms with E-state index < -0.39 is 0 Å². The number of rotatable bonds is 3. The van der Waals surface area contributed by atoms with Crippen LogP contribution in [0, 0.1) is 0 Å². The second kappa shape index (κ2) is 6.18. The van der Waals surface area contributed by atoms with Crippen molar-refractivity contribution in [3.8, 4) is 0 Å². The summed E-state index contributed by atoms with van der Waals surface area (Å²) >= 11 is 0. The molecule has 0 aromatic rings. The number of aldehydes is 1. The quantitative estimate of drug-likeness (QED) is 0.601. The van der Waals surface area contributed by atoms with Crippen LogP contribution in [-0.4, -0.2) is 30.8 Å². The summed E-state index contributed by atoms with van der Waals surface area (Å²) in [5.41, 5.74) is 0. The molecule has 1 aliphatic heterocycles. The van der Waals surface area contributed by atoms with Gasteiger partial charge in [-0.15, -0.1) is 0 Å². The molecule has 0 saturated carbocycles. The molecule has 0 spiro atoms. The minimum absolute atomic E-state index is 0.708. The molecule has 0 aromatic carbocycles. The highest BCUT2D eigenvalue weighted by Crippen LogP contribution is 2.10. The molecule has 0 bridgehead atoms. The lowest BCUT2D eigenvalue weighted by atomic mass is 10.1. The number of likely N-dealkylation sites (tertiary alicyclic amines) is 1. The number of hydrogen-bond donors (Lipinski definition) is 0. The topological polar surface area (TPSA) is 20.3 Å². The molecule has 0 atom stereocenters. The van der Waals surface area contributed by atoms with Gasteiger partial charge in [-0.2, -0.15) is 0 Å². The van der Waals surface area contributed by atoms with Crippen molar-refractivity contribution in [3.05, 3.63) is 0 Å². The average molecular weight is 169 g/mol. The zero-order valence-corrected chi connectivity index (χ0v) is 7.80. The van der Waals surface area contributed by atoms with Gasteiger partial charge in [-0.1, -0.05) is 19.3 Å². The fourth-order valence-corrected chi connectivity index (χ4v) is 1.77. The van der Waals surface area contributed by atoms with Gasteiger partial charge in [0.1, 0.15) is 6.29 Å². The summed E-state index contributed by atoms with van der Waals surface area (Å²) in [4.78, 5) is 12.6. The first kappa shape index (κ1) is 9.72. The molecule has 1 aliphatic rings. The van der Waals surface area contributed by atoms with E-state index in [0.29, 0.717) is 6.42 Å². The molecule has 0 unspecified atom stereocenters. The maximum absolute atomic E-state index is 10.2. The number of carbonyl (C=O) groups excluding carboxylic acids is 1. The number of carbonyl (C=O) groups is 1. The van der Waals surface area contributed by atoms with Crippen LogP contribution in [0.2, 0.25) is 0 Å². The Labute approximate surface area is 74.9 Å². The lowest BCUT2D eigenvalue weighted by molar-refractivity contribution is -0.108. The van der Waals surface area contributed by atoms with Gasteiger partial charge in [0.2, 0.25) is 0 Å². The third-order valence-electron chi connectivity index (χ3n) is 2.51. The second-order valence-electron chi connectivity index (χ2n) is 3.56. The first-order valence-electron chi connectivity index (χ1n) is 5.09. The SMILES string of the molecule is O=CCCN1CCCCCCC1. The predicted molar refractivity (Wildman–Crippen MR) is 50.2 cm³/mol. The van der Waals surface area contributed by atoms with Crippen molar-refractivity contribution in [1.82, 2.24) is 4.90 Å². The Hall–Kier alpha value is -0.370. The maximum Gasteiger partial charge on any atom is 0.121 e. The van der Waals surface area contributed by atoms with Gasteiger partial charge >= 0.3 is 0 Å². The van der Waals surface area contributed by atoms with E-state index in [1.165, 1.54) is 45.2 Å². The Morgan fingerprint density at radius 2 is 1.58 bits per heavy atom. The van der Waals surface area contributed by atoms with E-state index in [1.807, 2.05) is 0 Å². The van der Waals surface area contributed by atoms with Crippen LogP contribution >= 0.6 is 0 Å². The van der Waals surface area contributed by atoms with Crippen molar-refractivity contribution in [3.63, 3.8) is 0 Å². The number of nitrogens with zero attached hydrogens (tertiary/aromatic N) is 1. The van der Waals surface area contributed by atoms with Crippen LogP contribution in [-0.2, 0) is 4.79 Å². The van der Waals surface area contributed by atoms with Crippen LogP contribution in [0.15, 0.2) is 0 Å². The van der Waals surface area contributed by atoms with Gasteiger partial charge in [0, 0.05) is 13.0 Å². The molecule has 1 fully saturated rings. The van der Waals surface area contributed by atoms with Crippen LogP contribution in [0.5, 0.6) is 0 Å². The fraction of sp³-hybridized carbons (Fsp3) is 0.900. The van der Waals surface area contributed by atoms with Gasteiger partial charge in [-0.3, -0.25) is 0 Å². The molecule has 0 amide bonds. The monoisotopic (exact) mass is 169 g/mol. The standard InChI is InChI=1S/C10H19NO/c12-10-6-9-11-7-4-2-1-3-5-8-11/h10H,1-9H2. The molecular formula is C10H19NO. The largest absolute Gasteiger partial charge is 0.303 e. The third kappa shape index (κ3) is 3.86. The number of hydrogen-bond acceptors (Lipinski definition) is 2. The van der Waals surface area contributed by atoms with Gasteiger partial charge in [-0.05, 0) is 25.9 Å². The predicted octanol–water partition coefficient (Wildman–Crippen LogP) is 1.84. The molecule has 1 heterocycles. The maximum atomic E-state index is 10.2. The van der Waals surface area contributed by atoms with Crippen LogP contribution in [0.25, 0.3) is 0 Å². The molecular weight excluding hydrogens is 150 g/mol. The first-order chi connectivity index (χ1) is 5.93. The molecule has 0 aromatic heterocycles. The average Bonchev–Trinajstić information content (AvgIpc) is 2.02. The summed E-state index contributed by atoms with van der Waals surface area (Å²) in [6.45, 7) is 3.38. The molecule has 1 rings (SSSR count). The first-order valence-corrected chi connectivity index (χ1v) is 5.09. The highest BCUT2D eigenvalue weighted by Gasteiger charge is 2.06. The zero-order chi connectivity index (χ0) is 8.65. The van der Waals surface area contributed by atoms with Crippen molar-refractivity contribution in [2.45, 2.75) is 38.5 Å². The summed E-state index contributed by atoms with van der Waals surface area (Å²) in [5.74, 6) is 0. The second-order valence-corrected chi connectivity index (χ2v) is 3.56. The van der Waals surface area contributed by atoms with E-state index in [9.17, 15) is 4.79 Å². The fourth-order valence-electron chi connectivity index (χ4n) is 1.77. The van der Waals surface area contributed by atoms with E-state index in [2.05, 4.69) is 4.90 Å². The highest BCUT2D eigenvalue weighted by molar-refractivity contribution is 5.49. The van der Waals surface area contributed by atoms with E-state index in [4.69, 9.17) is 0 Å². The molecule has 1 saturated heterocycles. The summed E-state index contributed by atoms with van der Waals surface area (Å²) in [5, 5.41) is 0. The third-order valence-corrected chi connectivity index (χ3v) is 2.51. The summed E-state index contributed by atoms with van der Waals surface area (Å²) < 4.78 is 0.